The summed E-state index contributed by atoms with van der Waals surface area (Å²) in [7, 11) is 0. The third-order valence-electron chi connectivity index (χ3n) is 3.57. The number of nitrogens with one attached hydrogen (secondary N) is 1. The lowest BCUT2D eigenvalue weighted by Crippen LogP contribution is -2.22. The zero-order chi connectivity index (χ0) is 11.5. The largest absolute Gasteiger partial charge is 0.382 e. The molecule has 0 radical (unpaired) electrons. The minimum Gasteiger partial charge on any atom is -0.382 e. The first-order valence-corrected chi connectivity index (χ1v) is 5.98. The number of anilines is 1. The summed E-state index contributed by atoms with van der Waals surface area (Å²) < 4.78 is 0. The molecule has 1 aliphatic carbocycles. The van der Waals surface area contributed by atoms with Gasteiger partial charge >= 0.3 is 0 Å². The molecule has 1 aromatic rings. The minimum atomic E-state index is 0.577. The van der Waals surface area contributed by atoms with Crippen LogP contribution >= 0.6 is 0 Å². The summed E-state index contributed by atoms with van der Waals surface area (Å²) in [6.45, 7) is 4.39. The van der Waals surface area contributed by atoms with Crippen molar-refractivity contribution in [2.75, 3.05) is 5.32 Å². The van der Waals surface area contributed by atoms with Gasteiger partial charge in [0.1, 0.15) is 0 Å². The molecule has 84 valence electrons. The van der Waals surface area contributed by atoms with Crippen LogP contribution in [-0.2, 0) is 0 Å². The Morgan fingerprint density at radius 2 is 2.19 bits per heavy atom. The molecule has 0 amide bonds. The molecule has 2 nitrogen and oxygen atoms in total. The van der Waals surface area contributed by atoms with Crippen molar-refractivity contribution in [1.29, 1.82) is 5.26 Å². The molecule has 16 heavy (non-hydrogen) atoms. The van der Waals surface area contributed by atoms with Crippen LogP contribution in [0, 0.1) is 24.2 Å². The van der Waals surface area contributed by atoms with E-state index in [2.05, 4.69) is 25.2 Å². The lowest BCUT2D eigenvalue weighted by Gasteiger charge is -2.20. The monoisotopic (exact) mass is 214 g/mol. The van der Waals surface area contributed by atoms with Gasteiger partial charge in [-0.15, -0.1) is 0 Å². The molecule has 0 spiro atoms. The fourth-order valence-corrected chi connectivity index (χ4v) is 2.41. The first-order valence-electron chi connectivity index (χ1n) is 5.98. The van der Waals surface area contributed by atoms with E-state index in [1.54, 1.807) is 0 Å². The maximum atomic E-state index is 8.89. The SMILES string of the molecule is Cc1ccc(C#N)cc1NC1CCCC1C. The van der Waals surface area contributed by atoms with Gasteiger partial charge in [0.05, 0.1) is 11.6 Å². The van der Waals surface area contributed by atoms with Gasteiger partial charge in [-0.1, -0.05) is 19.4 Å². The van der Waals surface area contributed by atoms with E-state index in [1.807, 2.05) is 18.2 Å². The first kappa shape index (κ1) is 11.0. The predicted molar refractivity (Wildman–Crippen MR) is 66.3 cm³/mol. The summed E-state index contributed by atoms with van der Waals surface area (Å²) in [4.78, 5) is 0. The Bertz CT molecular complexity index is 417. The molecule has 2 heteroatoms. The number of benzene rings is 1. The van der Waals surface area contributed by atoms with Crippen LogP contribution in [0.2, 0.25) is 0 Å². The van der Waals surface area contributed by atoms with Gasteiger partial charge in [0, 0.05) is 11.7 Å². The molecular formula is C14H18N2. The van der Waals surface area contributed by atoms with Crippen molar-refractivity contribution < 1.29 is 0 Å². The molecule has 2 atom stereocenters. The maximum absolute atomic E-state index is 8.89. The maximum Gasteiger partial charge on any atom is 0.0992 e. The third kappa shape index (κ3) is 2.19. The second-order valence-electron chi connectivity index (χ2n) is 4.80. The van der Waals surface area contributed by atoms with Gasteiger partial charge in [-0.05, 0) is 43.4 Å². The number of hydrogen-bond acceptors (Lipinski definition) is 2. The van der Waals surface area contributed by atoms with E-state index in [0.29, 0.717) is 6.04 Å². The van der Waals surface area contributed by atoms with Gasteiger partial charge in [-0.25, -0.2) is 0 Å². The summed E-state index contributed by atoms with van der Waals surface area (Å²) in [6, 6.07) is 8.61. The van der Waals surface area contributed by atoms with Crippen molar-refractivity contribution in [2.45, 2.75) is 39.2 Å². The Labute approximate surface area is 97.3 Å². The van der Waals surface area contributed by atoms with E-state index >= 15 is 0 Å². The van der Waals surface area contributed by atoms with E-state index < -0.39 is 0 Å². The summed E-state index contributed by atoms with van der Waals surface area (Å²) in [5.41, 5.74) is 3.08. The second-order valence-corrected chi connectivity index (χ2v) is 4.80. The molecular weight excluding hydrogens is 196 g/mol. The minimum absolute atomic E-state index is 0.577. The van der Waals surface area contributed by atoms with Crippen molar-refractivity contribution in [3.63, 3.8) is 0 Å². The van der Waals surface area contributed by atoms with Crippen LogP contribution in [0.4, 0.5) is 5.69 Å². The van der Waals surface area contributed by atoms with Crippen LogP contribution in [0.1, 0.15) is 37.3 Å². The molecule has 1 saturated carbocycles. The van der Waals surface area contributed by atoms with E-state index in [-0.39, 0.29) is 0 Å². The highest BCUT2D eigenvalue weighted by molar-refractivity contribution is 5.55. The molecule has 0 heterocycles. The van der Waals surface area contributed by atoms with E-state index in [0.717, 1.165) is 17.2 Å². The lowest BCUT2D eigenvalue weighted by molar-refractivity contribution is 0.556. The highest BCUT2D eigenvalue weighted by Gasteiger charge is 2.23. The first-order chi connectivity index (χ1) is 7.70. The number of nitrogens with zero attached hydrogens (tertiary/aromatic N) is 1. The fraction of sp³-hybridized carbons (Fsp3) is 0.500. The molecule has 1 aromatic carbocycles. The summed E-state index contributed by atoms with van der Waals surface area (Å²) in [5.74, 6) is 0.741. The molecule has 1 fully saturated rings. The van der Waals surface area contributed by atoms with Crippen LogP contribution in [0.3, 0.4) is 0 Å². The van der Waals surface area contributed by atoms with Crippen molar-refractivity contribution in [2.24, 2.45) is 5.92 Å². The molecule has 0 aromatic heterocycles. The summed E-state index contributed by atoms with van der Waals surface area (Å²) in [6.07, 6.45) is 3.88. The van der Waals surface area contributed by atoms with Gasteiger partial charge in [0.25, 0.3) is 0 Å². The van der Waals surface area contributed by atoms with Crippen LogP contribution in [0.25, 0.3) is 0 Å². The zero-order valence-corrected chi connectivity index (χ0v) is 9.96. The predicted octanol–water partition coefficient (Wildman–Crippen LogP) is 3.47. The number of rotatable bonds is 2. The molecule has 2 rings (SSSR count). The van der Waals surface area contributed by atoms with Crippen LogP contribution in [-0.4, -0.2) is 6.04 Å². The number of aryl methyl sites for hydroxylation is 1. The fourth-order valence-electron chi connectivity index (χ4n) is 2.41. The second kappa shape index (κ2) is 4.57. The van der Waals surface area contributed by atoms with Gasteiger partial charge in [0.15, 0.2) is 0 Å². The van der Waals surface area contributed by atoms with Crippen molar-refractivity contribution in [3.05, 3.63) is 29.3 Å². The Kier molecular flexibility index (Phi) is 3.14. The molecule has 1 N–H and O–H groups in total. The average molecular weight is 214 g/mol. The number of nitriles is 1. The van der Waals surface area contributed by atoms with Gasteiger partial charge in [0.2, 0.25) is 0 Å². The van der Waals surface area contributed by atoms with Crippen LogP contribution in [0.5, 0.6) is 0 Å². The van der Waals surface area contributed by atoms with Crippen molar-refractivity contribution in [3.8, 4) is 6.07 Å². The zero-order valence-electron chi connectivity index (χ0n) is 9.96. The van der Waals surface area contributed by atoms with Crippen LogP contribution < -0.4 is 5.32 Å². The smallest absolute Gasteiger partial charge is 0.0992 e. The van der Waals surface area contributed by atoms with E-state index in [4.69, 9.17) is 5.26 Å². The highest BCUT2D eigenvalue weighted by Crippen LogP contribution is 2.29. The Morgan fingerprint density at radius 1 is 1.38 bits per heavy atom. The summed E-state index contributed by atoms with van der Waals surface area (Å²) >= 11 is 0. The number of hydrogen-bond donors (Lipinski definition) is 1. The quantitative estimate of drug-likeness (QED) is 0.818. The molecule has 2 unspecified atom stereocenters. The van der Waals surface area contributed by atoms with Gasteiger partial charge < -0.3 is 5.32 Å². The van der Waals surface area contributed by atoms with Crippen molar-refractivity contribution in [1.82, 2.24) is 0 Å². The van der Waals surface area contributed by atoms with Crippen molar-refractivity contribution >= 4 is 5.69 Å². The lowest BCUT2D eigenvalue weighted by atomic mass is 10.0. The Balaban J connectivity index is 2.17. The Hall–Kier alpha value is -1.49. The molecule has 0 saturated heterocycles. The average Bonchev–Trinajstić information content (AvgIpc) is 2.68. The topological polar surface area (TPSA) is 35.8 Å². The van der Waals surface area contributed by atoms with E-state index in [9.17, 15) is 0 Å². The van der Waals surface area contributed by atoms with Gasteiger partial charge in [-0.3, -0.25) is 0 Å². The third-order valence-corrected chi connectivity index (χ3v) is 3.57. The Morgan fingerprint density at radius 3 is 2.81 bits per heavy atom. The van der Waals surface area contributed by atoms with E-state index in [1.165, 1.54) is 24.8 Å². The molecule has 0 aliphatic heterocycles. The highest BCUT2D eigenvalue weighted by atomic mass is 14.9. The normalized spacial score (nSPS) is 24.1. The molecule has 1 aliphatic rings. The van der Waals surface area contributed by atoms with Crippen LogP contribution in [0.15, 0.2) is 18.2 Å². The summed E-state index contributed by atoms with van der Waals surface area (Å²) in [5, 5.41) is 12.5. The van der Waals surface area contributed by atoms with Gasteiger partial charge in [-0.2, -0.15) is 5.26 Å². The standard InChI is InChI=1S/C14H18N2/c1-10-4-3-5-13(10)16-14-8-12(9-15)7-6-11(14)2/h6-8,10,13,16H,3-5H2,1-2H3. The molecule has 0 bridgehead atoms.